The number of halogens is 3. The zero-order chi connectivity index (χ0) is 23.3. The highest BCUT2D eigenvalue weighted by Gasteiger charge is 2.36. The number of rotatable bonds is 3. The maximum Gasteiger partial charge on any atom is 0.418 e. The number of β-amino-alcohol motifs (C(OH)–C–C–N with tert-alkyl or cyclic N) is 1. The summed E-state index contributed by atoms with van der Waals surface area (Å²) in [5.41, 5.74) is 0.355. The van der Waals surface area contributed by atoms with Crippen LogP contribution in [-0.2, 0) is 19.0 Å². The normalized spacial score (nSPS) is 18.1. The summed E-state index contributed by atoms with van der Waals surface area (Å²) >= 11 is 0. The van der Waals surface area contributed by atoms with E-state index in [0.717, 1.165) is 10.7 Å². The number of alkyl halides is 3. The molecule has 5 rings (SSSR count). The number of aromatic nitrogens is 2. The maximum atomic E-state index is 14.0. The molecule has 2 aromatic carbocycles. The molecule has 0 bridgehead atoms. The Kier molecular flexibility index (Phi) is 5.16. The quantitative estimate of drug-likeness (QED) is 0.628. The molecule has 33 heavy (non-hydrogen) atoms. The smallest absolute Gasteiger partial charge is 0.418 e. The lowest BCUT2D eigenvalue weighted by Gasteiger charge is -2.22. The molecular weight excluding hydrogens is 435 g/mol. The van der Waals surface area contributed by atoms with E-state index >= 15 is 0 Å². The fraction of sp³-hybridized carbons (Fsp3) is 0.333. The van der Waals surface area contributed by atoms with Crippen LogP contribution in [0, 0.1) is 0 Å². The Hall–Kier alpha value is -3.33. The van der Waals surface area contributed by atoms with Gasteiger partial charge in [-0.1, -0.05) is 12.1 Å². The molecule has 172 valence electrons. The molecule has 9 heteroatoms. The van der Waals surface area contributed by atoms with Crippen molar-refractivity contribution in [3.8, 4) is 22.7 Å². The van der Waals surface area contributed by atoms with Crippen LogP contribution in [0.1, 0.15) is 29.5 Å². The second kappa shape index (κ2) is 7.91. The molecule has 0 spiro atoms. The van der Waals surface area contributed by atoms with Gasteiger partial charge in [0.1, 0.15) is 5.75 Å². The zero-order valence-electron chi connectivity index (χ0n) is 17.6. The number of aliphatic hydroxyl groups is 1. The maximum absolute atomic E-state index is 14.0. The molecule has 1 aliphatic carbocycles. The van der Waals surface area contributed by atoms with E-state index in [9.17, 15) is 28.2 Å². The molecule has 0 radical (unpaired) electrons. The number of hydrogen-bond donors (Lipinski definition) is 2. The van der Waals surface area contributed by atoms with Gasteiger partial charge in [0, 0.05) is 29.9 Å². The first-order chi connectivity index (χ1) is 15.7. The van der Waals surface area contributed by atoms with Gasteiger partial charge < -0.3 is 15.1 Å². The van der Waals surface area contributed by atoms with Gasteiger partial charge in [-0.15, -0.1) is 0 Å². The highest BCUT2D eigenvalue weighted by atomic mass is 19.4. The Labute approximate surface area is 187 Å². The fourth-order valence-electron chi connectivity index (χ4n) is 4.74. The van der Waals surface area contributed by atoms with Crippen molar-refractivity contribution in [3.05, 3.63) is 69.5 Å². The highest BCUT2D eigenvalue weighted by molar-refractivity contribution is 5.71. The monoisotopic (exact) mass is 457 g/mol. The fourth-order valence-corrected chi connectivity index (χ4v) is 4.74. The van der Waals surface area contributed by atoms with Crippen LogP contribution in [0.25, 0.3) is 16.9 Å². The summed E-state index contributed by atoms with van der Waals surface area (Å²) in [5, 5.41) is 24.6. The van der Waals surface area contributed by atoms with Crippen molar-refractivity contribution in [3.63, 3.8) is 0 Å². The summed E-state index contributed by atoms with van der Waals surface area (Å²) in [4.78, 5) is 15.1. The van der Waals surface area contributed by atoms with Crippen molar-refractivity contribution < 1.29 is 23.4 Å². The molecule has 1 unspecified atom stereocenters. The molecule has 1 aromatic heterocycles. The second-order valence-electron chi connectivity index (χ2n) is 8.48. The first-order valence-electron chi connectivity index (χ1n) is 10.8. The van der Waals surface area contributed by atoms with Gasteiger partial charge >= 0.3 is 6.18 Å². The van der Waals surface area contributed by atoms with Crippen molar-refractivity contribution in [1.82, 2.24) is 9.78 Å². The van der Waals surface area contributed by atoms with Gasteiger partial charge in [-0.3, -0.25) is 4.79 Å². The van der Waals surface area contributed by atoms with Gasteiger partial charge in [0.25, 0.3) is 5.56 Å². The van der Waals surface area contributed by atoms with Crippen LogP contribution in [0.5, 0.6) is 5.75 Å². The van der Waals surface area contributed by atoms with E-state index in [1.807, 2.05) is 0 Å². The van der Waals surface area contributed by atoms with Gasteiger partial charge in [0.15, 0.2) is 0 Å². The van der Waals surface area contributed by atoms with Crippen LogP contribution < -0.4 is 10.5 Å². The first kappa shape index (κ1) is 21.5. The molecule has 2 N–H and O–H groups in total. The largest absolute Gasteiger partial charge is 0.507 e. The number of nitrogens with zero attached hydrogens (tertiary/aromatic N) is 3. The SMILES string of the molecule is O=c1c2c(c(-c3ccccc3O)nn1-c1cc(N3CCC(O)C3)ccc1C(F)(F)F)CCC2. The minimum absolute atomic E-state index is 0.0554. The average molecular weight is 457 g/mol. The van der Waals surface area contributed by atoms with E-state index in [1.165, 1.54) is 18.2 Å². The van der Waals surface area contributed by atoms with E-state index < -0.39 is 23.4 Å². The zero-order valence-corrected chi connectivity index (χ0v) is 17.6. The van der Waals surface area contributed by atoms with Crippen molar-refractivity contribution in [2.75, 3.05) is 18.0 Å². The molecule has 1 fully saturated rings. The number of benzene rings is 2. The van der Waals surface area contributed by atoms with Crippen LogP contribution in [0.3, 0.4) is 0 Å². The standard InChI is InChI=1S/C24H22F3N3O3/c25-24(26,27)19-9-8-14(29-11-10-15(31)13-29)12-20(19)30-23(33)17-6-3-5-16(17)22(28-30)18-4-1-2-7-21(18)32/h1-2,4,7-9,12,15,31-32H,3,5-6,10-11,13H2. The van der Waals surface area contributed by atoms with E-state index in [4.69, 9.17) is 0 Å². The lowest BCUT2D eigenvalue weighted by molar-refractivity contribution is -0.137. The number of hydrogen-bond acceptors (Lipinski definition) is 5. The highest BCUT2D eigenvalue weighted by Crippen LogP contribution is 2.38. The third-order valence-corrected chi connectivity index (χ3v) is 6.36. The summed E-state index contributed by atoms with van der Waals surface area (Å²) in [5.74, 6) is -0.0554. The average Bonchev–Trinajstić information content (AvgIpc) is 3.43. The molecule has 2 heterocycles. The molecule has 2 aliphatic rings. The van der Waals surface area contributed by atoms with Gasteiger partial charge in [-0.25, -0.2) is 0 Å². The Morgan fingerprint density at radius 2 is 1.82 bits per heavy atom. The van der Waals surface area contributed by atoms with Gasteiger partial charge in [0.05, 0.1) is 23.0 Å². The van der Waals surface area contributed by atoms with E-state index in [0.29, 0.717) is 66.8 Å². The second-order valence-corrected chi connectivity index (χ2v) is 8.48. The molecule has 0 saturated carbocycles. The number of para-hydroxylation sites is 1. The lowest BCUT2D eigenvalue weighted by Crippen LogP contribution is -2.29. The van der Waals surface area contributed by atoms with E-state index in [2.05, 4.69) is 5.10 Å². The predicted molar refractivity (Wildman–Crippen MR) is 117 cm³/mol. The molecule has 1 saturated heterocycles. The number of aromatic hydroxyl groups is 1. The topological polar surface area (TPSA) is 78.6 Å². The molecule has 1 aliphatic heterocycles. The van der Waals surface area contributed by atoms with Crippen LogP contribution in [-0.4, -0.2) is 39.2 Å². The minimum atomic E-state index is -4.70. The van der Waals surface area contributed by atoms with Crippen molar-refractivity contribution in [2.45, 2.75) is 38.0 Å². The van der Waals surface area contributed by atoms with Crippen molar-refractivity contribution in [1.29, 1.82) is 0 Å². The number of fused-ring (bicyclic) bond motifs is 1. The summed E-state index contributed by atoms with van der Waals surface area (Å²) in [6, 6.07) is 10.1. The van der Waals surface area contributed by atoms with Crippen LogP contribution in [0.2, 0.25) is 0 Å². The number of aliphatic hydroxyl groups excluding tert-OH is 1. The van der Waals surface area contributed by atoms with Gasteiger partial charge in [-0.05, 0) is 61.6 Å². The summed E-state index contributed by atoms with van der Waals surface area (Å²) in [6.45, 7) is 0.808. The Morgan fingerprint density at radius 1 is 1.06 bits per heavy atom. The molecule has 0 amide bonds. The number of anilines is 1. The number of phenolic OH excluding ortho intramolecular Hbond substituents is 1. The van der Waals surface area contributed by atoms with Gasteiger partial charge in [0.2, 0.25) is 0 Å². The summed E-state index contributed by atoms with van der Waals surface area (Å²) in [7, 11) is 0. The van der Waals surface area contributed by atoms with Crippen LogP contribution in [0.15, 0.2) is 47.3 Å². The third-order valence-electron chi connectivity index (χ3n) is 6.36. The van der Waals surface area contributed by atoms with Crippen molar-refractivity contribution in [2.24, 2.45) is 0 Å². The third kappa shape index (κ3) is 3.76. The predicted octanol–water partition coefficient (Wildman–Crippen LogP) is 3.68. The first-order valence-corrected chi connectivity index (χ1v) is 10.8. The minimum Gasteiger partial charge on any atom is -0.507 e. The van der Waals surface area contributed by atoms with Crippen molar-refractivity contribution >= 4 is 5.69 Å². The molecule has 3 aromatic rings. The van der Waals surface area contributed by atoms with Crippen LogP contribution in [0.4, 0.5) is 18.9 Å². The van der Waals surface area contributed by atoms with E-state index in [-0.39, 0.29) is 11.4 Å². The summed E-state index contributed by atoms with van der Waals surface area (Å²) in [6.07, 6.45) is -3.03. The summed E-state index contributed by atoms with van der Waals surface area (Å²) < 4.78 is 42.7. The Morgan fingerprint density at radius 3 is 2.52 bits per heavy atom. The van der Waals surface area contributed by atoms with Crippen LogP contribution >= 0.6 is 0 Å². The molecule has 1 atom stereocenters. The number of phenols is 1. The lowest BCUT2D eigenvalue weighted by atomic mass is 10.0. The Bertz CT molecular complexity index is 1290. The Balaban J connectivity index is 1.76. The van der Waals surface area contributed by atoms with Gasteiger partial charge in [-0.2, -0.15) is 23.0 Å². The molecular formula is C24H22F3N3O3. The molecule has 6 nitrogen and oxygen atoms in total. The van der Waals surface area contributed by atoms with E-state index in [1.54, 1.807) is 23.1 Å².